The van der Waals surface area contributed by atoms with E-state index in [1.807, 2.05) is 16.9 Å². The Hall–Kier alpha value is -1.40. The average Bonchev–Trinajstić information content (AvgIpc) is 2.75. The van der Waals surface area contributed by atoms with Crippen molar-refractivity contribution in [3.05, 3.63) is 18.5 Å². The molecule has 1 amide bonds. The molecular formula is C11H20N4O2. The van der Waals surface area contributed by atoms with Crippen LogP contribution >= 0.6 is 0 Å². The fraction of sp³-hybridized carbons (Fsp3) is 0.636. The van der Waals surface area contributed by atoms with Gasteiger partial charge in [0.15, 0.2) is 0 Å². The first kappa shape index (κ1) is 13.7. The fourth-order valence-electron chi connectivity index (χ4n) is 1.48. The molecule has 0 aliphatic carbocycles. The lowest BCUT2D eigenvalue weighted by Crippen LogP contribution is -2.45. The lowest BCUT2D eigenvalue weighted by atomic mass is 10.0. The van der Waals surface area contributed by atoms with Gasteiger partial charge in [0.1, 0.15) is 6.10 Å². The number of carbonyl (C=O) groups is 1. The summed E-state index contributed by atoms with van der Waals surface area (Å²) in [5.41, 5.74) is 4.99. The molecule has 2 atom stereocenters. The first-order chi connectivity index (χ1) is 8.00. The molecule has 0 fully saturated rings. The van der Waals surface area contributed by atoms with Crippen LogP contribution in [0.4, 0.5) is 0 Å². The van der Waals surface area contributed by atoms with Gasteiger partial charge in [-0.3, -0.25) is 9.48 Å². The summed E-state index contributed by atoms with van der Waals surface area (Å²) in [6.07, 6.45) is 2.45. The summed E-state index contributed by atoms with van der Waals surface area (Å²) in [6.45, 7) is 4.99. The van der Waals surface area contributed by atoms with Crippen molar-refractivity contribution < 1.29 is 9.90 Å². The van der Waals surface area contributed by atoms with Crippen LogP contribution in [0.5, 0.6) is 0 Å². The molecule has 0 saturated heterocycles. The van der Waals surface area contributed by atoms with Gasteiger partial charge in [-0.15, -0.1) is 0 Å². The third kappa shape index (κ3) is 4.54. The highest BCUT2D eigenvalue weighted by Gasteiger charge is 2.17. The molecule has 0 bridgehead atoms. The van der Waals surface area contributed by atoms with Crippen molar-refractivity contribution in [3.63, 3.8) is 0 Å². The molecule has 0 aliphatic heterocycles. The van der Waals surface area contributed by atoms with Gasteiger partial charge < -0.3 is 16.2 Å². The van der Waals surface area contributed by atoms with Crippen molar-refractivity contribution in [1.29, 1.82) is 0 Å². The number of aliphatic hydroxyl groups is 1. The van der Waals surface area contributed by atoms with Crippen LogP contribution in [0.25, 0.3) is 0 Å². The zero-order chi connectivity index (χ0) is 12.8. The molecule has 1 aromatic rings. The Balaban J connectivity index is 2.46. The summed E-state index contributed by atoms with van der Waals surface area (Å²) in [4.78, 5) is 10.7. The minimum atomic E-state index is -1.14. The number of aromatic nitrogens is 2. The molecule has 0 saturated carbocycles. The van der Waals surface area contributed by atoms with Gasteiger partial charge in [0.2, 0.25) is 5.91 Å². The van der Waals surface area contributed by atoms with Crippen LogP contribution in [-0.4, -0.2) is 39.5 Å². The van der Waals surface area contributed by atoms with Gasteiger partial charge in [0.25, 0.3) is 0 Å². The lowest BCUT2D eigenvalue weighted by Gasteiger charge is -2.23. The normalized spacial score (nSPS) is 14.8. The molecule has 0 aromatic carbocycles. The summed E-state index contributed by atoms with van der Waals surface area (Å²) < 4.78 is 1.81. The summed E-state index contributed by atoms with van der Waals surface area (Å²) in [6, 6.07) is 1.99. The van der Waals surface area contributed by atoms with Crippen LogP contribution in [-0.2, 0) is 11.3 Å². The number of aliphatic hydroxyl groups excluding tert-OH is 1. The van der Waals surface area contributed by atoms with E-state index in [0.29, 0.717) is 12.5 Å². The average molecular weight is 240 g/mol. The fourth-order valence-corrected chi connectivity index (χ4v) is 1.48. The second kappa shape index (κ2) is 6.36. The number of hydrogen-bond acceptors (Lipinski definition) is 4. The van der Waals surface area contributed by atoms with E-state index in [0.717, 1.165) is 0 Å². The van der Waals surface area contributed by atoms with E-state index < -0.39 is 12.0 Å². The molecule has 2 unspecified atom stereocenters. The van der Waals surface area contributed by atoms with E-state index in [9.17, 15) is 9.90 Å². The predicted octanol–water partition coefficient (Wildman–Crippen LogP) is -0.656. The molecule has 0 spiro atoms. The van der Waals surface area contributed by atoms with Crippen molar-refractivity contribution in [2.75, 3.05) is 6.54 Å². The molecule has 1 rings (SSSR count). The maximum absolute atomic E-state index is 10.7. The number of amides is 1. The Bertz CT molecular complexity index is 337. The molecule has 0 radical (unpaired) electrons. The van der Waals surface area contributed by atoms with Crippen LogP contribution < -0.4 is 11.1 Å². The quantitative estimate of drug-likeness (QED) is 0.590. The van der Waals surface area contributed by atoms with Crippen molar-refractivity contribution >= 4 is 5.91 Å². The van der Waals surface area contributed by atoms with Gasteiger partial charge in [-0.2, -0.15) is 5.10 Å². The molecule has 17 heavy (non-hydrogen) atoms. The standard InChI is InChI=1S/C11H20N4O2/c1-8(2)9(7-15-5-3-4-14-15)13-6-10(16)11(12)17/h3-5,8-10,13,16H,6-7H2,1-2H3,(H2,12,17). The van der Waals surface area contributed by atoms with E-state index in [4.69, 9.17) is 5.73 Å². The molecule has 4 N–H and O–H groups in total. The topological polar surface area (TPSA) is 93.2 Å². The van der Waals surface area contributed by atoms with Gasteiger partial charge in [-0.05, 0) is 12.0 Å². The Morgan fingerprint density at radius 3 is 2.76 bits per heavy atom. The Kier molecular flexibility index (Phi) is 5.11. The van der Waals surface area contributed by atoms with Gasteiger partial charge in [-0.1, -0.05) is 13.8 Å². The minimum absolute atomic E-state index is 0.129. The SMILES string of the molecule is CC(C)C(Cn1cccn1)NCC(O)C(N)=O. The lowest BCUT2D eigenvalue weighted by molar-refractivity contribution is -0.125. The van der Waals surface area contributed by atoms with E-state index >= 15 is 0 Å². The summed E-state index contributed by atoms with van der Waals surface area (Å²) >= 11 is 0. The molecule has 1 heterocycles. The van der Waals surface area contributed by atoms with Crippen LogP contribution in [0.15, 0.2) is 18.5 Å². The molecule has 96 valence electrons. The van der Waals surface area contributed by atoms with Crippen LogP contribution in [0.1, 0.15) is 13.8 Å². The van der Waals surface area contributed by atoms with Crippen LogP contribution in [0.2, 0.25) is 0 Å². The number of nitrogens with zero attached hydrogens (tertiary/aromatic N) is 2. The third-order valence-electron chi connectivity index (χ3n) is 2.65. The van der Waals surface area contributed by atoms with Crippen molar-refractivity contribution in [3.8, 4) is 0 Å². The minimum Gasteiger partial charge on any atom is -0.382 e. The number of nitrogens with two attached hydrogens (primary N) is 1. The van der Waals surface area contributed by atoms with Gasteiger partial charge in [0.05, 0.1) is 6.54 Å². The first-order valence-corrected chi connectivity index (χ1v) is 5.69. The maximum Gasteiger partial charge on any atom is 0.247 e. The van der Waals surface area contributed by atoms with Crippen molar-refractivity contribution in [2.24, 2.45) is 11.7 Å². The zero-order valence-electron chi connectivity index (χ0n) is 10.2. The van der Waals surface area contributed by atoms with Crippen LogP contribution in [0.3, 0.4) is 0 Å². The van der Waals surface area contributed by atoms with E-state index in [1.54, 1.807) is 6.20 Å². The highest BCUT2D eigenvalue weighted by atomic mass is 16.3. The number of primary amides is 1. The van der Waals surface area contributed by atoms with Gasteiger partial charge >= 0.3 is 0 Å². The Labute approximate surface area is 101 Å². The summed E-state index contributed by atoms with van der Waals surface area (Å²) in [7, 11) is 0. The molecule has 1 aromatic heterocycles. The summed E-state index contributed by atoms with van der Waals surface area (Å²) in [5, 5.41) is 16.6. The number of hydrogen-bond donors (Lipinski definition) is 3. The first-order valence-electron chi connectivity index (χ1n) is 5.69. The van der Waals surface area contributed by atoms with Gasteiger partial charge in [0, 0.05) is 25.0 Å². The predicted molar refractivity (Wildman–Crippen MR) is 64.1 cm³/mol. The third-order valence-corrected chi connectivity index (χ3v) is 2.65. The maximum atomic E-state index is 10.7. The molecule has 6 heteroatoms. The monoisotopic (exact) mass is 240 g/mol. The van der Waals surface area contributed by atoms with Crippen molar-refractivity contribution in [1.82, 2.24) is 15.1 Å². The number of rotatable bonds is 7. The van der Waals surface area contributed by atoms with E-state index in [-0.39, 0.29) is 12.6 Å². The number of nitrogens with one attached hydrogen (secondary N) is 1. The summed E-state index contributed by atoms with van der Waals surface area (Å²) in [5.74, 6) is -0.349. The molecule has 6 nitrogen and oxygen atoms in total. The number of carbonyl (C=O) groups excluding carboxylic acids is 1. The van der Waals surface area contributed by atoms with Gasteiger partial charge in [-0.25, -0.2) is 0 Å². The van der Waals surface area contributed by atoms with E-state index in [1.165, 1.54) is 0 Å². The molecule has 0 aliphatic rings. The van der Waals surface area contributed by atoms with Crippen molar-refractivity contribution in [2.45, 2.75) is 32.5 Å². The molecular weight excluding hydrogens is 220 g/mol. The van der Waals surface area contributed by atoms with Crippen LogP contribution in [0, 0.1) is 5.92 Å². The largest absolute Gasteiger partial charge is 0.382 e. The highest BCUT2D eigenvalue weighted by molar-refractivity contribution is 5.78. The smallest absolute Gasteiger partial charge is 0.247 e. The Morgan fingerprint density at radius 2 is 2.29 bits per heavy atom. The highest BCUT2D eigenvalue weighted by Crippen LogP contribution is 2.04. The van der Waals surface area contributed by atoms with E-state index in [2.05, 4.69) is 24.3 Å². The second-order valence-electron chi connectivity index (χ2n) is 4.41. The Morgan fingerprint density at radius 1 is 1.59 bits per heavy atom. The second-order valence-corrected chi connectivity index (χ2v) is 4.41. The zero-order valence-corrected chi connectivity index (χ0v) is 10.2.